The summed E-state index contributed by atoms with van der Waals surface area (Å²) >= 11 is 1.13. The van der Waals surface area contributed by atoms with E-state index in [1.807, 2.05) is 43.3 Å². The van der Waals surface area contributed by atoms with Gasteiger partial charge in [-0.1, -0.05) is 11.8 Å². The third-order valence-electron chi connectivity index (χ3n) is 3.84. The fraction of sp³-hybridized carbons (Fsp3) is 0.211. The minimum Gasteiger partial charge on any atom is -0.411 e. The predicted molar refractivity (Wildman–Crippen MR) is 118 cm³/mol. The summed E-state index contributed by atoms with van der Waals surface area (Å²) in [6, 6.07) is 14.0. The Morgan fingerprint density at radius 3 is 2.27 bits per heavy atom. The van der Waals surface area contributed by atoms with Gasteiger partial charge in [0.25, 0.3) is 5.22 Å². The SMILES string of the molecule is CN(C)c1ccc(NC(=O)CSc2nnc(-c3ccc(NS(C)(=O)=O)cc3)o2)cc1. The Morgan fingerprint density at radius 1 is 1.03 bits per heavy atom. The summed E-state index contributed by atoms with van der Waals surface area (Å²) in [4.78, 5) is 14.1. The molecule has 9 nitrogen and oxygen atoms in total. The topological polar surface area (TPSA) is 117 Å². The molecule has 0 aliphatic rings. The van der Waals surface area contributed by atoms with Gasteiger partial charge in [0.1, 0.15) is 0 Å². The number of rotatable bonds is 8. The number of hydrogen-bond acceptors (Lipinski definition) is 8. The van der Waals surface area contributed by atoms with Crippen molar-refractivity contribution in [2.24, 2.45) is 0 Å². The summed E-state index contributed by atoms with van der Waals surface area (Å²) in [6.07, 6.45) is 1.08. The van der Waals surface area contributed by atoms with E-state index in [0.29, 0.717) is 16.9 Å². The van der Waals surface area contributed by atoms with Gasteiger partial charge in [0, 0.05) is 36.7 Å². The molecule has 0 aliphatic carbocycles. The van der Waals surface area contributed by atoms with Crippen molar-refractivity contribution in [3.63, 3.8) is 0 Å². The monoisotopic (exact) mass is 447 g/mol. The smallest absolute Gasteiger partial charge is 0.277 e. The van der Waals surface area contributed by atoms with Gasteiger partial charge in [-0.05, 0) is 48.5 Å². The molecule has 158 valence electrons. The van der Waals surface area contributed by atoms with Crippen LogP contribution >= 0.6 is 11.8 Å². The summed E-state index contributed by atoms with van der Waals surface area (Å²) in [6.45, 7) is 0. The molecular weight excluding hydrogens is 426 g/mol. The predicted octanol–water partition coefficient (Wildman–Crippen LogP) is 2.90. The second kappa shape index (κ2) is 9.18. The molecule has 0 fully saturated rings. The van der Waals surface area contributed by atoms with Crippen LogP contribution < -0.4 is 14.9 Å². The second-order valence-electron chi connectivity index (χ2n) is 6.60. The van der Waals surface area contributed by atoms with Gasteiger partial charge in [-0.25, -0.2) is 8.42 Å². The van der Waals surface area contributed by atoms with E-state index < -0.39 is 10.0 Å². The maximum Gasteiger partial charge on any atom is 0.277 e. The number of nitrogens with one attached hydrogen (secondary N) is 2. The van der Waals surface area contributed by atoms with Crippen LogP contribution in [0.25, 0.3) is 11.5 Å². The van der Waals surface area contributed by atoms with E-state index in [-0.39, 0.29) is 22.8 Å². The van der Waals surface area contributed by atoms with Gasteiger partial charge in [0.2, 0.25) is 21.8 Å². The molecule has 1 amide bonds. The lowest BCUT2D eigenvalue weighted by Crippen LogP contribution is -2.14. The zero-order chi connectivity index (χ0) is 21.7. The van der Waals surface area contributed by atoms with Crippen LogP contribution in [0.3, 0.4) is 0 Å². The molecule has 3 rings (SSSR count). The van der Waals surface area contributed by atoms with Crippen molar-refractivity contribution < 1.29 is 17.6 Å². The fourth-order valence-electron chi connectivity index (χ4n) is 2.45. The Morgan fingerprint density at radius 2 is 1.67 bits per heavy atom. The molecule has 2 N–H and O–H groups in total. The molecule has 0 spiro atoms. The van der Waals surface area contributed by atoms with Crippen LogP contribution in [0, 0.1) is 0 Å². The summed E-state index contributed by atoms with van der Waals surface area (Å²) in [5, 5.41) is 11.0. The zero-order valence-corrected chi connectivity index (χ0v) is 18.3. The lowest BCUT2D eigenvalue weighted by atomic mass is 10.2. The van der Waals surface area contributed by atoms with Crippen molar-refractivity contribution in [3.8, 4) is 11.5 Å². The Hall–Kier alpha value is -3.05. The van der Waals surface area contributed by atoms with E-state index in [9.17, 15) is 13.2 Å². The van der Waals surface area contributed by atoms with Crippen LogP contribution in [0.15, 0.2) is 58.2 Å². The zero-order valence-electron chi connectivity index (χ0n) is 16.6. The number of sulfonamides is 1. The maximum atomic E-state index is 12.1. The number of aromatic nitrogens is 2. The normalized spacial score (nSPS) is 11.2. The first-order valence-electron chi connectivity index (χ1n) is 8.81. The highest BCUT2D eigenvalue weighted by Gasteiger charge is 2.12. The van der Waals surface area contributed by atoms with Crippen molar-refractivity contribution in [3.05, 3.63) is 48.5 Å². The first-order chi connectivity index (χ1) is 14.2. The Kier molecular flexibility index (Phi) is 6.63. The number of hydrogen-bond donors (Lipinski definition) is 2. The van der Waals surface area contributed by atoms with Gasteiger partial charge in [0.05, 0.1) is 12.0 Å². The molecule has 0 saturated heterocycles. The van der Waals surface area contributed by atoms with E-state index in [0.717, 1.165) is 23.7 Å². The first kappa shape index (κ1) is 21.7. The molecule has 0 bridgehead atoms. The number of nitrogens with zero attached hydrogens (tertiary/aromatic N) is 3. The second-order valence-corrected chi connectivity index (χ2v) is 9.28. The molecule has 1 aromatic heterocycles. The third kappa shape index (κ3) is 6.22. The van der Waals surface area contributed by atoms with E-state index in [1.165, 1.54) is 0 Å². The van der Waals surface area contributed by atoms with Crippen molar-refractivity contribution in [1.82, 2.24) is 10.2 Å². The molecule has 0 radical (unpaired) electrons. The molecule has 0 aliphatic heterocycles. The van der Waals surface area contributed by atoms with Crippen molar-refractivity contribution in [2.45, 2.75) is 5.22 Å². The number of amides is 1. The summed E-state index contributed by atoms with van der Waals surface area (Å²) in [5.74, 6) is 0.213. The quantitative estimate of drug-likeness (QED) is 0.506. The van der Waals surface area contributed by atoms with Crippen molar-refractivity contribution in [2.75, 3.05) is 41.0 Å². The highest BCUT2D eigenvalue weighted by atomic mass is 32.2. The number of benzene rings is 2. The van der Waals surface area contributed by atoms with E-state index in [2.05, 4.69) is 20.2 Å². The molecule has 1 heterocycles. The average molecular weight is 448 g/mol. The van der Waals surface area contributed by atoms with Gasteiger partial charge in [0.15, 0.2) is 0 Å². The maximum absolute atomic E-state index is 12.1. The van der Waals surface area contributed by atoms with Crippen LogP contribution in [0.4, 0.5) is 17.1 Å². The van der Waals surface area contributed by atoms with Gasteiger partial charge in [-0.15, -0.1) is 10.2 Å². The average Bonchev–Trinajstić information content (AvgIpc) is 3.15. The Balaban J connectivity index is 1.54. The lowest BCUT2D eigenvalue weighted by Gasteiger charge is -2.12. The van der Waals surface area contributed by atoms with Crippen LogP contribution in [0.1, 0.15) is 0 Å². The van der Waals surface area contributed by atoms with Crippen molar-refractivity contribution >= 4 is 44.8 Å². The number of thioether (sulfide) groups is 1. The molecule has 30 heavy (non-hydrogen) atoms. The van der Waals surface area contributed by atoms with E-state index in [4.69, 9.17) is 4.42 Å². The molecule has 2 aromatic carbocycles. The van der Waals surface area contributed by atoms with Gasteiger partial charge >= 0.3 is 0 Å². The molecule has 0 unspecified atom stereocenters. The van der Waals surface area contributed by atoms with Crippen LogP contribution in [0.2, 0.25) is 0 Å². The van der Waals surface area contributed by atoms with E-state index >= 15 is 0 Å². The summed E-state index contributed by atoms with van der Waals surface area (Å²) in [5.41, 5.74) is 2.82. The highest BCUT2D eigenvalue weighted by molar-refractivity contribution is 7.99. The Bertz CT molecular complexity index is 1110. The molecular formula is C19H21N5O4S2. The molecule has 0 atom stereocenters. The minimum absolute atomic E-state index is 0.119. The lowest BCUT2D eigenvalue weighted by molar-refractivity contribution is -0.113. The molecule has 0 saturated carbocycles. The largest absolute Gasteiger partial charge is 0.411 e. The van der Waals surface area contributed by atoms with Gasteiger partial charge < -0.3 is 14.6 Å². The van der Waals surface area contributed by atoms with Gasteiger partial charge in [-0.3, -0.25) is 9.52 Å². The van der Waals surface area contributed by atoms with E-state index in [1.54, 1.807) is 24.3 Å². The summed E-state index contributed by atoms with van der Waals surface area (Å²) < 4.78 is 30.5. The summed E-state index contributed by atoms with van der Waals surface area (Å²) in [7, 11) is 0.557. The molecule has 11 heteroatoms. The van der Waals surface area contributed by atoms with Crippen molar-refractivity contribution in [1.29, 1.82) is 0 Å². The number of carbonyl (C=O) groups is 1. The fourth-order valence-corrected chi connectivity index (χ4v) is 3.57. The van der Waals surface area contributed by atoms with Gasteiger partial charge in [-0.2, -0.15) is 0 Å². The number of carbonyl (C=O) groups excluding carboxylic acids is 1. The Labute approximate surface area is 178 Å². The van der Waals surface area contributed by atoms with Crippen LogP contribution in [-0.2, 0) is 14.8 Å². The standard InChI is InChI=1S/C19H21N5O4S2/c1-24(2)16-10-8-14(9-11-16)20-17(25)12-29-19-22-21-18(28-19)13-4-6-15(7-5-13)23-30(3,26)27/h4-11,23H,12H2,1-3H3,(H,20,25). The highest BCUT2D eigenvalue weighted by Crippen LogP contribution is 2.25. The first-order valence-corrected chi connectivity index (χ1v) is 11.7. The third-order valence-corrected chi connectivity index (χ3v) is 5.26. The van der Waals surface area contributed by atoms with Crippen LogP contribution in [-0.4, -0.2) is 50.6 Å². The number of anilines is 3. The van der Waals surface area contributed by atoms with Crippen LogP contribution in [0.5, 0.6) is 0 Å². The minimum atomic E-state index is -3.34. The molecule has 3 aromatic rings.